The van der Waals surface area contributed by atoms with Crippen LogP contribution in [0.25, 0.3) is 0 Å². The zero-order valence-electron chi connectivity index (χ0n) is 11.2. The van der Waals surface area contributed by atoms with Crippen molar-refractivity contribution in [3.8, 4) is 0 Å². The summed E-state index contributed by atoms with van der Waals surface area (Å²) in [5, 5.41) is 3.97. The van der Waals surface area contributed by atoms with Crippen LogP contribution in [-0.2, 0) is 4.79 Å². The molecule has 1 fully saturated rings. The summed E-state index contributed by atoms with van der Waals surface area (Å²) in [6.45, 7) is 7.43. The molecule has 1 aliphatic rings. The molecule has 18 heavy (non-hydrogen) atoms. The van der Waals surface area contributed by atoms with E-state index in [2.05, 4.69) is 27.0 Å². The highest BCUT2D eigenvalue weighted by Crippen LogP contribution is 2.19. The molecule has 0 bridgehead atoms. The minimum Gasteiger partial charge on any atom is -0.337 e. The largest absolute Gasteiger partial charge is 0.337 e. The predicted molar refractivity (Wildman–Crippen MR) is 67.7 cm³/mol. The van der Waals surface area contributed by atoms with E-state index >= 15 is 0 Å². The number of ketones is 1. The van der Waals surface area contributed by atoms with Crippen molar-refractivity contribution < 1.29 is 9.32 Å². The number of Topliss-reactive ketones (excluding diaryl/α,β-unsaturated/α-hetero) is 1. The van der Waals surface area contributed by atoms with Crippen molar-refractivity contribution in [1.29, 1.82) is 0 Å². The number of hydrogen-bond acceptors (Lipinski definition) is 6. The molecule has 0 amide bonds. The molecule has 2 rings (SSSR count). The van der Waals surface area contributed by atoms with Gasteiger partial charge in [0.05, 0.1) is 5.92 Å². The second-order valence-electron chi connectivity index (χ2n) is 4.76. The number of carbonyl (C=O) groups excluding carboxylic acids is 1. The monoisotopic (exact) mass is 252 g/mol. The minimum atomic E-state index is -0.302. The Morgan fingerprint density at radius 1 is 1.39 bits per heavy atom. The molecule has 1 aliphatic heterocycles. The van der Waals surface area contributed by atoms with E-state index in [1.165, 1.54) is 0 Å². The number of likely N-dealkylation sites (N-methyl/N-ethyl adjacent to an activating group) is 1. The molecule has 1 atom stereocenters. The summed E-state index contributed by atoms with van der Waals surface area (Å²) in [5.74, 6) is 0.858. The van der Waals surface area contributed by atoms with Gasteiger partial charge in [-0.05, 0) is 19.1 Å². The number of aromatic nitrogens is 2. The van der Waals surface area contributed by atoms with Gasteiger partial charge in [0.2, 0.25) is 5.89 Å². The van der Waals surface area contributed by atoms with Crippen LogP contribution in [0.2, 0.25) is 0 Å². The first-order valence-electron chi connectivity index (χ1n) is 6.41. The molecule has 2 heterocycles. The Kier molecular flexibility index (Phi) is 3.96. The normalized spacial score (nSPS) is 18.9. The molecule has 1 aromatic rings. The second kappa shape index (κ2) is 5.48. The summed E-state index contributed by atoms with van der Waals surface area (Å²) < 4.78 is 5.19. The van der Waals surface area contributed by atoms with Crippen LogP contribution in [-0.4, -0.2) is 54.1 Å². The third-order valence-corrected chi connectivity index (χ3v) is 3.42. The number of piperazine rings is 1. The third kappa shape index (κ3) is 2.69. The van der Waals surface area contributed by atoms with Crippen LogP contribution in [0.4, 0.5) is 5.95 Å². The van der Waals surface area contributed by atoms with Crippen molar-refractivity contribution in [3.05, 3.63) is 5.89 Å². The number of rotatable bonds is 4. The van der Waals surface area contributed by atoms with Crippen LogP contribution >= 0.6 is 0 Å². The summed E-state index contributed by atoms with van der Waals surface area (Å²) in [4.78, 5) is 20.3. The van der Waals surface area contributed by atoms with Gasteiger partial charge < -0.3 is 14.3 Å². The zero-order valence-corrected chi connectivity index (χ0v) is 11.2. The summed E-state index contributed by atoms with van der Waals surface area (Å²) in [7, 11) is 2.10. The van der Waals surface area contributed by atoms with E-state index in [-0.39, 0.29) is 11.7 Å². The zero-order chi connectivity index (χ0) is 13.1. The SMILES string of the molecule is CCC(=O)C(C)c1nc(N2CCN(C)CC2)no1. The maximum absolute atomic E-state index is 11.6. The van der Waals surface area contributed by atoms with E-state index in [0.29, 0.717) is 18.3 Å². The number of hydrogen-bond donors (Lipinski definition) is 0. The fourth-order valence-corrected chi connectivity index (χ4v) is 1.98. The summed E-state index contributed by atoms with van der Waals surface area (Å²) in [6, 6.07) is 0. The lowest BCUT2D eigenvalue weighted by Crippen LogP contribution is -2.44. The van der Waals surface area contributed by atoms with Gasteiger partial charge in [0.15, 0.2) is 0 Å². The molecule has 0 spiro atoms. The van der Waals surface area contributed by atoms with Crippen LogP contribution in [0.1, 0.15) is 32.1 Å². The molecule has 0 N–H and O–H groups in total. The molecular formula is C12H20N4O2. The Morgan fingerprint density at radius 2 is 2.06 bits per heavy atom. The van der Waals surface area contributed by atoms with Crippen LogP contribution in [0.3, 0.4) is 0 Å². The lowest BCUT2D eigenvalue weighted by Gasteiger charge is -2.31. The lowest BCUT2D eigenvalue weighted by atomic mass is 10.1. The van der Waals surface area contributed by atoms with Crippen molar-refractivity contribution in [3.63, 3.8) is 0 Å². The Hall–Kier alpha value is -1.43. The van der Waals surface area contributed by atoms with Gasteiger partial charge in [-0.3, -0.25) is 4.79 Å². The number of anilines is 1. The highest BCUT2D eigenvalue weighted by molar-refractivity contribution is 5.84. The number of nitrogens with zero attached hydrogens (tertiary/aromatic N) is 4. The van der Waals surface area contributed by atoms with Gasteiger partial charge in [-0.15, -0.1) is 0 Å². The fourth-order valence-electron chi connectivity index (χ4n) is 1.98. The Bertz CT molecular complexity index is 410. The van der Waals surface area contributed by atoms with E-state index < -0.39 is 0 Å². The van der Waals surface area contributed by atoms with E-state index in [0.717, 1.165) is 26.2 Å². The van der Waals surface area contributed by atoms with Crippen LogP contribution < -0.4 is 4.90 Å². The van der Waals surface area contributed by atoms with Gasteiger partial charge in [-0.2, -0.15) is 4.98 Å². The molecule has 1 saturated heterocycles. The van der Waals surface area contributed by atoms with E-state index in [1.807, 2.05) is 13.8 Å². The van der Waals surface area contributed by atoms with Crippen LogP contribution in [0, 0.1) is 0 Å². The van der Waals surface area contributed by atoms with Crippen LogP contribution in [0.15, 0.2) is 4.52 Å². The van der Waals surface area contributed by atoms with E-state index in [1.54, 1.807) is 0 Å². The second-order valence-corrected chi connectivity index (χ2v) is 4.76. The lowest BCUT2D eigenvalue weighted by molar-refractivity contribution is -0.120. The maximum Gasteiger partial charge on any atom is 0.266 e. The van der Waals surface area contributed by atoms with Gasteiger partial charge >= 0.3 is 0 Å². The van der Waals surface area contributed by atoms with Crippen molar-refractivity contribution in [2.24, 2.45) is 0 Å². The number of carbonyl (C=O) groups is 1. The average Bonchev–Trinajstić information content (AvgIpc) is 2.87. The molecule has 0 radical (unpaired) electrons. The van der Waals surface area contributed by atoms with Crippen molar-refractivity contribution in [1.82, 2.24) is 15.0 Å². The van der Waals surface area contributed by atoms with Crippen LogP contribution in [0.5, 0.6) is 0 Å². The average molecular weight is 252 g/mol. The van der Waals surface area contributed by atoms with E-state index in [4.69, 9.17) is 4.52 Å². The molecule has 6 heteroatoms. The van der Waals surface area contributed by atoms with E-state index in [9.17, 15) is 4.79 Å². The standard InChI is InChI=1S/C12H20N4O2/c1-4-10(17)9(2)11-13-12(14-18-11)16-7-5-15(3)6-8-16/h9H,4-8H2,1-3H3. The molecule has 6 nitrogen and oxygen atoms in total. The van der Waals surface area contributed by atoms with Gasteiger partial charge in [-0.1, -0.05) is 6.92 Å². The van der Waals surface area contributed by atoms with Gasteiger partial charge in [0.1, 0.15) is 5.78 Å². The van der Waals surface area contributed by atoms with Crippen molar-refractivity contribution in [2.45, 2.75) is 26.2 Å². The van der Waals surface area contributed by atoms with Crippen molar-refractivity contribution >= 4 is 11.7 Å². The minimum absolute atomic E-state index is 0.128. The quantitative estimate of drug-likeness (QED) is 0.793. The molecular weight excluding hydrogens is 232 g/mol. The van der Waals surface area contributed by atoms with Gasteiger partial charge in [0, 0.05) is 32.6 Å². The first-order chi connectivity index (χ1) is 8.61. The Balaban J connectivity index is 2.04. The highest BCUT2D eigenvalue weighted by Gasteiger charge is 2.23. The Morgan fingerprint density at radius 3 is 2.67 bits per heavy atom. The molecule has 100 valence electrons. The maximum atomic E-state index is 11.6. The highest BCUT2D eigenvalue weighted by atomic mass is 16.5. The van der Waals surface area contributed by atoms with Gasteiger partial charge in [0.25, 0.3) is 5.95 Å². The summed E-state index contributed by atoms with van der Waals surface area (Å²) >= 11 is 0. The van der Waals surface area contributed by atoms with Gasteiger partial charge in [-0.25, -0.2) is 0 Å². The predicted octanol–water partition coefficient (Wildman–Crippen LogP) is 0.904. The third-order valence-electron chi connectivity index (χ3n) is 3.42. The van der Waals surface area contributed by atoms with Crippen molar-refractivity contribution in [2.75, 3.05) is 38.1 Å². The molecule has 0 aromatic carbocycles. The summed E-state index contributed by atoms with van der Waals surface area (Å²) in [6.07, 6.45) is 0.493. The molecule has 1 aromatic heterocycles. The summed E-state index contributed by atoms with van der Waals surface area (Å²) in [5.41, 5.74) is 0. The molecule has 0 aliphatic carbocycles. The first kappa shape index (κ1) is 13.0. The first-order valence-corrected chi connectivity index (χ1v) is 6.41. The Labute approximate surface area is 107 Å². The fraction of sp³-hybridized carbons (Fsp3) is 0.750. The molecule has 0 saturated carbocycles. The topological polar surface area (TPSA) is 62.5 Å². The molecule has 1 unspecified atom stereocenters. The smallest absolute Gasteiger partial charge is 0.266 e.